The highest BCUT2D eigenvalue weighted by atomic mass is 16.7. The fraction of sp³-hybridized carbons (Fsp3) is 0.438. The highest BCUT2D eigenvalue weighted by Gasteiger charge is 2.42. The highest BCUT2D eigenvalue weighted by Crippen LogP contribution is 2.28. The molecule has 0 radical (unpaired) electrons. The van der Waals surface area contributed by atoms with E-state index in [0.29, 0.717) is 32.0 Å². The molecule has 0 saturated carbocycles. The Hall–Kier alpha value is -2.29. The van der Waals surface area contributed by atoms with Crippen molar-refractivity contribution in [3.63, 3.8) is 0 Å². The number of carbonyl (C=O) groups excluding carboxylic acids is 2. The molecule has 2 aliphatic heterocycles. The van der Waals surface area contributed by atoms with Crippen LogP contribution in [0.4, 0.5) is 10.5 Å². The lowest BCUT2D eigenvalue weighted by Crippen LogP contribution is -2.54. The molecule has 128 valence electrons. The summed E-state index contributed by atoms with van der Waals surface area (Å²) in [7, 11) is 1.85. The first kappa shape index (κ1) is 16.6. The molecule has 2 fully saturated rings. The molecule has 2 saturated heterocycles. The smallest absolute Gasteiger partial charge is 0.349 e. The summed E-state index contributed by atoms with van der Waals surface area (Å²) in [5.41, 5.74) is 6.24. The van der Waals surface area contributed by atoms with E-state index in [0.717, 1.165) is 5.69 Å². The van der Waals surface area contributed by atoms with Crippen molar-refractivity contribution in [2.45, 2.75) is 12.5 Å². The van der Waals surface area contributed by atoms with E-state index in [1.54, 1.807) is 0 Å². The molecule has 0 aromatic heterocycles. The molecule has 3 amide bonds. The number of hydrogen-bond acceptors (Lipinski definition) is 4. The molecule has 8 nitrogen and oxygen atoms in total. The lowest BCUT2D eigenvalue weighted by molar-refractivity contribution is -0.127. The largest absolute Gasteiger partial charge is 0.377 e. The SMILES string of the molecule is C[N+]1(c2ccccc2)OCCC1=NC(=O)N1CCOCC1C(N)=O. The third kappa shape index (κ3) is 3.03. The number of quaternary nitrogens is 1. The van der Waals surface area contributed by atoms with Crippen LogP contribution in [-0.2, 0) is 14.4 Å². The third-order valence-corrected chi connectivity index (χ3v) is 4.34. The number of aliphatic imine (C=N–C) groups is 1. The predicted octanol–water partition coefficient (Wildman–Crippen LogP) is 0.664. The molecule has 0 bridgehead atoms. The fourth-order valence-electron chi connectivity index (χ4n) is 2.94. The van der Waals surface area contributed by atoms with Crippen LogP contribution in [0.25, 0.3) is 0 Å². The van der Waals surface area contributed by atoms with E-state index < -0.39 is 18.0 Å². The first-order valence-electron chi connectivity index (χ1n) is 7.85. The maximum atomic E-state index is 12.6. The van der Waals surface area contributed by atoms with Gasteiger partial charge in [0.05, 0.1) is 19.6 Å². The van der Waals surface area contributed by atoms with Crippen molar-refractivity contribution in [2.24, 2.45) is 10.7 Å². The van der Waals surface area contributed by atoms with E-state index in [4.69, 9.17) is 15.3 Å². The van der Waals surface area contributed by atoms with E-state index in [9.17, 15) is 9.59 Å². The Balaban J connectivity index is 1.86. The van der Waals surface area contributed by atoms with Gasteiger partial charge < -0.3 is 15.4 Å². The van der Waals surface area contributed by atoms with Crippen molar-refractivity contribution in [3.8, 4) is 0 Å². The van der Waals surface area contributed by atoms with Crippen LogP contribution in [0, 0.1) is 0 Å². The van der Waals surface area contributed by atoms with Crippen molar-refractivity contribution in [1.82, 2.24) is 9.55 Å². The molecule has 2 atom stereocenters. The summed E-state index contributed by atoms with van der Waals surface area (Å²) >= 11 is 0. The number of nitrogens with two attached hydrogens (primary N) is 1. The van der Waals surface area contributed by atoms with E-state index in [2.05, 4.69) is 4.99 Å². The summed E-state index contributed by atoms with van der Waals surface area (Å²) in [6.07, 6.45) is 0.544. The number of morpholine rings is 1. The molecule has 3 rings (SSSR count). The second kappa shape index (κ2) is 6.68. The topological polar surface area (TPSA) is 94.2 Å². The number of hydroxylamine groups is 2. The van der Waals surface area contributed by atoms with E-state index >= 15 is 0 Å². The first-order valence-corrected chi connectivity index (χ1v) is 7.85. The predicted molar refractivity (Wildman–Crippen MR) is 88.1 cm³/mol. The van der Waals surface area contributed by atoms with Crippen LogP contribution in [0.1, 0.15) is 6.42 Å². The molecule has 1 aromatic carbocycles. The van der Waals surface area contributed by atoms with Crippen LogP contribution in [0.5, 0.6) is 0 Å². The summed E-state index contributed by atoms with van der Waals surface area (Å²) in [5.74, 6) is 0.00662. The number of amidine groups is 1. The molecule has 2 N–H and O–H groups in total. The van der Waals surface area contributed by atoms with Gasteiger partial charge in [-0.05, 0) is 0 Å². The van der Waals surface area contributed by atoms with E-state index in [-0.39, 0.29) is 11.3 Å². The van der Waals surface area contributed by atoms with Gasteiger partial charge in [-0.3, -0.25) is 4.79 Å². The molecule has 8 heteroatoms. The second-order valence-electron chi connectivity index (χ2n) is 5.84. The number of urea groups is 1. The standard InChI is InChI=1S/C16H20N4O4/c1-20(12-5-3-2-4-6-12)14(7-9-24-20)18-16(22)19-8-10-23-11-13(19)15(17)21/h2-6,13H,7-11H2,1H3,(H-,17,21)/p+1. The molecular formula is C16H21N4O4+. The maximum absolute atomic E-state index is 12.6. The number of para-hydroxylation sites is 1. The number of hydrogen-bond donors (Lipinski definition) is 1. The maximum Gasteiger partial charge on any atom is 0.349 e. The number of rotatable bonds is 2. The van der Waals surface area contributed by atoms with Crippen LogP contribution < -0.4 is 10.4 Å². The molecular weight excluding hydrogens is 312 g/mol. The third-order valence-electron chi connectivity index (χ3n) is 4.34. The minimum Gasteiger partial charge on any atom is -0.377 e. The van der Waals surface area contributed by atoms with Gasteiger partial charge in [0, 0.05) is 18.7 Å². The van der Waals surface area contributed by atoms with Crippen LogP contribution >= 0.6 is 0 Å². The van der Waals surface area contributed by atoms with Gasteiger partial charge in [-0.15, -0.1) is 9.64 Å². The minimum absolute atomic E-state index is 0.0260. The quantitative estimate of drug-likeness (QED) is 0.805. The van der Waals surface area contributed by atoms with Crippen molar-refractivity contribution in [3.05, 3.63) is 30.3 Å². The normalized spacial score (nSPS) is 29.0. The Bertz CT molecular complexity index is 663. The van der Waals surface area contributed by atoms with Gasteiger partial charge >= 0.3 is 6.03 Å². The Morgan fingerprint density at radius 2 is 2.04 bits per heavy atom. The molecule has 2 aliphatic rings. The average Bonchev–Trinajstić information content (AvgIpc) is 2.97. The number of amides is 3. The zero-order valence-electron chi connectivity index (χ0n) is 13.6. The fourth-order valence-corrected chi connectivity index (χ4v) is 2.94. The zero-order chi connectivity index (χ0) is 17.2. The second-order valence-corrected chi connectivity index (χ2v) is 5.84. The summed E-state index contributed by atoms with van der Waals surface area (Å²) in [6.45, 7) is 1.23. The van der Waals surface area contributed by atoms with Crippen molar-refractivity contribution < 1.29 is 19.2 Å². The molecule has 24 heavy (non-hydrogen) atoms. The summed E-state index contributed by atoms with van der Waals surface area (Å²) < 4.78 is 5.26. The lowest BCUT2D eigenvalue weighted by atomic mass is 10.2. The molecule has 0 spiro atoms. The summed E-state index contributed by atoms with van der Waals surface area (Å²) in [4.78, 5) is 35.6. The van der Waals surface area contributed by atoms with Gasteiger partial charge in [-0.2, -0.15) is 4.84 Å². The number of ether oxygens (including phenoxy) is 1. The molecule has 2 heterocycles. The van der Waals surface area contributed by atoms with Gasteiger partial charge in [0.1, 0.15) is 19.7 Å². The Kier molecular flexibility index (Phi) is 4.61. The monoisotopic (exact) mass is 333 g/mol. The zero-order valence-corrected chi connectivity index (χ0v) is 13.6. The molecule has 2 unspecified atom stereocenters. The average molecular weight is 333 g/mol. The first-order chi connectivity index (χ1) is 11.5. The van der Waals surface area contributed by atoms with Crippen LogP contribution in [-0.4, -0.2) is 62.1 Å². The van der Waals surface area contributed by atoms with Crippen molar-refractivity contribution >= 4 is 23.5 Å². The van der Waals surface area contributed by atoms with Gasteiger partial charge in [0.2, 0.25) is 11.7 Å². The van der Waals surface area contributed by atoms with Gasteiger partial charge in [0.25, 0.3) is 0 Å². The van der Waals surface area contributed by atoms with Gasteiger partial charge in [-0.1, -0.05) is 18.2 Å². The van der Waals surface area contributed by atoms with Crippen molar-refractivity contribution in [2.75, 3.05) is 33.4 Å². The van der Waals surface area contributed by atoms with Gasteiger partial charge in [-0.25, -0.2) is 4.79 Å². The molecule has 0 aliphatic carbocycles. The van der Waals surface area contributed by atoms with E-state index in [1.165, 1.54) is 4.90 Å². The van der Waals surface area contributed by atoms with Crippen LogP contribution in [0.15, 0.2) is 35.3 Å². The Morgan fingerprint density at radius 3 is 2.75 bits per heavy atom. The molecule has 1 aromatic rings. The summed E-state index contributed by atoms with van der Waals surface area (Å²) in [5, 5.41) is 0. The minimum atomic E-state index is -0.784. The number of benzene rings is 1. The van der Waals surface area contributed by atoms with E-state index in [1.807, 2.05) is 37.4 Å². The Morgan fingerprint density at radius 1 is 1.29 bits per heavy atom. The Labute approximate surface area is 140 Å². The number of carbonyl (C=O) groups is 2. The lowest BCUT2D eigenvalue weighted by Gasteiger charge is -2.32. The summed E-state index contributed by atoms with van der Waals surface area (Å²) in [6, 6.07) is 8.31. The van der Waals surface area contributed by atoms with Crippen molar-refractivity contribution in [1.29, 1.82) is 0 Å². The van der Waals surface area contributed by atoms with Gasteiger partial charge in [0.15, 0.2) is 5.69 Å². The van der Waals surface area contributed by atoms with Crippen LogP contribution in [0.2, 0.25) is 0 Å². The highest BCUT2D eigenvalue weighted by molar-refractivity contribution is 6.00. The van der Waals surface area contributed by atoms with Crippen LogP contribution in [0.3, 0.4) is 0 Å². The number of nitrogens with zero attached hydrogens (tertiary/aromatic N) is 3. The number of primary amides is 1.